The zero-order valence-electron chi connectivity index (χ0n) is 18.0. The maximum absolute atomic E-state index is 13.1. The van der Waals surface area contributed by atoms with E-state index in [0.29, 0.717) is 28.9 Å². The number of esters is 1. The van der Waals surface area contributed by atoms with Crippen LogP contribution in [-0.2, 0) is 27.5 Å². The second-order valence-corrected chi connectivity index (χ2v) is 7.77. The van der Waals surface area contributed by atoms with E-state index < -0.39 is 23.3 Å². The van der Waals surface area contributed by atoms with E-state index in [4.69, 9.17) is 4.74 Å². The Morgan fingerprint density at radius 3 is 2.42 bits per heavy atom. The molecule has 0 aliphatic heterocycles. The highest BCUT2D eigenvalue weighted by Crippen LogP contribution is 2.33. The summed E-state index contributed by atoms with van der Waals surface area (Å²) in [5.74, 6) is -0.408. The first-order valence-electron chi connectivity index (χ1n) is 10.3. The number of benzene rings is 1. The highest BCUT2D eigenvalue weighted by atomic mass is 19.4. The molecule has 0 aliphatic rings. The number of nitrogens with zero attached hydrogens (tertiary/aromatic N) is 4. The minimum Gasteiger partial charge on any atom is -0.465 e. The largest absolute Gasteiger partial charge is 0.465 e. The third-order valence-electron chi connectivity index (χ3n) is 5.46. The van der Waals surface area contributed by atoms with Crippen LogP contribution in [0.25, 0.3) is 16.8 Å². The molecule has 0 radical (unpaired) electrons. The van der Waals surface area contributed by atoms with Crippen LogP contribution in [0.5, 0.6) is 0 Å². The summed E-state index contributed by atoms with van der Waals surface area (Å²) in [6, 6.07) is 13.5. The van der Waals surface area contributed by atoms with Crippen LogP contribution in [0.15, 0.2) is 67.1 Å². The fraction of sp³-hybridized carbons (Fsp3) is 0.250. The lowest BCUT2D eigenvalue weighted by Crippen LogP contribution is -2.38. The van der Waals surface area contributed by atoms with E-state index in [-0.39, 0.29) is 6.61 Å². The summed E-state index contributed by atoms with van der Waals surface area (Å²) >= 11 is 0. The molecule has 1 atom stereocenters. The molecule has 0 bridgehead atoms. The SMILES string of the molecule is CCOC(=O)C(C)(Cc1ccccc1)c1ccnc2c(-c3ccc(C(F)(F)F)nc3)cnn12. The first kappa shape index (κ1) is 22.4. The Labute approximate surface area is 188 Å². The number of rotatable bonds is 6. The Bertz CT molecular complexity index is 1270. The zero-order valence-corrected chi connectivity index (χ0v) is 18.0. The Kier molecular flexibility index (Phi) is 5.88. The zero-order chi connectivity index (χ0) is 23.6. The Balaban J connectivity index is 1.81. The summed E-state index contributed by atoms with van der Waals surface area (Å²) in [6.45, 7) is 3.75. The van der Waals surface area contributed by atoms with Crippen LogP contribution in [0, 0.1) is 0 Å². The van der Waals surface area contributed by atoms with Crippen molar-refractivity contribution in [3.8, 4) is 11.1 Å². The molecule has 6 nitrogen and oxygen atoms in total. The number of hydrogen-bond acceptors (Lipinski definition) is 5. The lowest BCUT2D eigenvalue weighted by molar-refractivity contribution is -0.149. The molecule has 0 N–H and O–H groups in total. The smallest absolute Gasteiger partial charge is 0.433 e. The molecule has 4 aromatic rings. The van der Waals surface area contributed by atoms with Gasteiger partial charge in [0.15, 0.2) is 5.65 Å². The molecular weight excluding hydrogens is 433 g/mol. The summed E-state index contributed by atoms with van der Waals surface area (Å²) in [6.07, 6.45) is 0.0372. The third-order valence-corrected chi connectivity index (χ3v) is 5.46. The maximum Gasteiger partial charge on any atom is 0.433 e. The number of fused-ring (bicyclic) bond motifs is 1. The topological polar surface area (TPSA) is 69.4 Å². The van der Waals surface area contributed by atoms with Gasteiger partial charge in [-0.05, 0) is 38.0 Å². The summed E-state index contributed by atoms with van der Waals surface area (Å²) in [7, 11) is 0. The van der Waals surface area contributed by atoms with Gasteiger partial charge in [0.05, 0.1) is 18.5 Å². The summed E-state index contributed by atoms with van der Waals surface area (Å²) in [5, 5.41) is 4.41. The van der Waals surface area contributed by atoms with Crippen LogP contribution in [-0.4, -0.2) is 32.2 Å². The van der Waals surface area contributed by atoms with E-state index >= 15 is 0 Å². The highest BCUT2D eigenvalue weighted by Gasteiger charge is 2.40. The van der Waals surface area contributed by atoms with Crippen molar-refractivity contribution in [3.05, 3.63) is 84.1 Å². The van der Waals surface area contributed by atoms with E-state index in [2.05, 4.69) is 15.1 Å². The van der Waals surface area contributed by atoms with Crippen molar-refractivity contribution in [3.63, 3.8) is 0 Å². The molecule has 0 fully saturated rings. The highest BCUT2D eigenvalue weighted by molar-refractivity contribution is 5.84. The first-order chi connectivity index (χ1) is 15.7. The lowest BCUT2D eigenvalue weighted by Gasteiger charge is -2.28. The van der Waals surface area contributed by atoms with Crippen molar-refractivity contribution in [2.45, 2.75) is 31.9 Å². The lowest BCUT2D eigenvalue weighted by atomic mass is 9.80. The molecule has 0 amide bonds. The first-order valence-corrected chi connectivity index (χ1v) is 10.3. The van der Waals surface area contributed by atoms with Gasteiger partial charge in [-0.15, -0.1) is 0 Å². The van der Waals surface area contributed by atoms with E-state index in [0.717, 1.165) is 17.8 Å². The van der Waals surface area contributed by atoms with Crippen molar-refractivity contribution in [2.75, 3.05) is 6.61 Å². The van der Waals surface area contributed by atoms with E-state index in [1.54, 1.807) is 26.1 Å². The number of alkyl halides is 3. The number of pyridine rings is 1. The standard InChI is InChI=1S/C24H21F3N4O2/c1-3-33-22(32)23(2,13-16-7-5-4-6-8-16)20-11-12-28-21-18(15-30-31(20)21)17-9-10-19(29-14-17)24(25,26)27/h4-12,14-15H,3,13H2,1-2H3. The fourth-order valence-electron chi connectivity index (χ4n) is 3.80. The minimum absolute atomic E-state index is 0.221. The van der Waals surface area contributed by atoms with Gasteiger partial charge in [0.1, 0.15) is 11.1 Å². The number of hydrogen-bond donors (Lipinski definition) is 0. The van der Waals surface area contributed by atoms with Gasteiger partial charge in [0.2, 0.25) is 0 Å². The average Bonchev–Trinajstić information content (AvgIpc) is 3.23. The molecule has 0 spiro atoms. The molecule has 3 heterocycles. The van der Waals surface area contributed by atoms with Crippen LogP contribution in [0.3, 0.4) is 0 Å². The molecule has 1 unspecified atom stereocenters. The Morgan fingerprint density at radius 2 is 1.79 bits per heavy atom. The van der Waals surface area contributed by atoms with Gasteiger partial charge in [0.25, 0.3) is 0 Å². The summed E-state index contributed by atoms with van der Waals surface area (Å²) < 4.78 is 45.6. The van der Waals surface area contributed by atoms with Crippen molar-refractivity contribution >= 4 is 11.6 Å². The van der Waals surface area contributed by atoms with Gasteiger partial charge in [-0.1, -0.05) is 36.4 Å². The molecular formula is C24H21F3N4O2. The van der Waals surface area contributed by atoms with Crippen LogP contribution >= 0.6 is 0 Å². The quantitative estimate of drug-likeness (QED) is 0.389. The van der Waals surface area contributed by atoms with Crippen molar-refractivity contribution in [1.29, 1.82) is 0 Å². The summed E-state index contributed by atoms with van der Waals surface area (Å²) in [4.78, 5) is 21.0. The minimum atomic E-state index is -4.52. The molecule has 3 aromatic heterocycles. The van der Waals surface area contributed by atoms with Gasteiger partial charge in [-0.3, -0.25) is 9.78 Å². The normalized spacial score (nSPS) is 13.6. The Hall–Kier alpha value is -3.75. The van der Waals surface area contributed by atoms with E-state index in [1.807, 2.05) is 30.3 Å². The third kappa shape index (κ3) is 4.30. The van der Waals surface area contributed by atoms with Gasteiger partial charge < -0.3 is 4.74 Å². The van der Waals surface area contributed by atoms with Crippen molar-refractivity contribution in [2.24, 2.45) is 0 Å². The molecule has 1 aromatic carbocycles. The molecule has 170 valence electrons. The van der Waals surface area contributed by atoms with Gasteiger partial charge in [-0.25, -0.2) is 9.50 Å². The molecule has 33 heavy (non-hydrogen) atoms. The Morgan fingerprint density at radius 1 is 1.03 bits per heavy atom. The molecule has 9 heteroatoms. The molecule has 4 rings (SSSR count). The van der Waals surface area contributed by atoms with Gasteiger partial charge in [0, 0.05) is 23.5 Å². The molecule has 0 saturated carbocycles. The monoisotopic (exact) mass is 454 g/mol. The van der Waals surface area contributed by atoms with Crippen LogP contribution in [0.4, 0.5) is 13.2 Å². The number of carbonyl (C=O) groups excluding carboxylic acids is 1. The van der Waals surface area contributed by atoms with Crippen LogP contribution in [0.2, 0.25) is 0 Å². The predicted molar refractivity (Wildman–Crippen MR) is 115 cm³/mol. The van der Waals surface area contributed by atoms with Crippen molar-refractivity contribution in [1.82, 2.24) is 19.6 Å². The number of halogens is 3. The van der Waals surface area contributed by atoms with E-state index in [1.165, 1.54) is 16.8 Å². The van der Waals surface area contributed by atoms with Crippen molar-refractivity contribution < 1.29 is 22.7 Å². The number of aromatic nitrogens is 4. The average molecular weight is 454 g/mol. The number of carbonyl (C=O) groups is 1. The maximum atomic E-state index is 13.1. The summed E-state index contributed by atoms with van der Waals surface area (Å²) in [5.41, 5.74) is 0.776. The van der Waals surface area contributed by atoms with Gasteiger partial charge >= 0.3 is 12.1 Å². The van der Waals surface area contributed by atoms with Crippen LogP contribution < -0.4 is 0 Å². The van der Waals surface area contributed by atoms with Gasteiger partial charge in [-0.2, -0.15) is 18.3 Å². The molecule has 0 aliphatic carbocycles. The second kappa shape index (κ2) is 8.65. The number of ether oxygens (including phenoxy) is 1. The predicted octanol–water partition coefficient (Wildman–Crippen LogP) is 4.87. The second-order valence-electron chi connectivity index (χ2n) is 7.77. The van der Waals surface area contributed by atoms with Crippen LogP contribution in [0.1, 0.15) is 30.8 Å². The molecule has 0 saturated heterocycles. The van der Waals surface area contributed by atoms with E-state index in [9.17, 15) is 18.0 Å². The fourth-order valence-corrected chi connectivity index (χ4v) is 3.80.